The number of hydrogen-bond donors (Lipinski definition) is 1. The quantitative estimate of drug-likeness (QED) is 0.490. The minimum absolute atomic E-state index is 0.0754. The van der Waals surface area contributed by atoms with Gasteiger partial charge < -0.3 is 5.11 Å². The van der Waals surface area contributed by atoms with Crippen molar-refractivity contribution in [1.82, 2.24) is 9.80 Å². The Balaban J connectivity index is 1.84. The van der Waals surface area contributed by atoms with Crippen LogP contribution in [0.2, 0.25) is 0 Å². The molecule has 5 nitrogen and oxygen atoms in total. The van der Waals surface area contributed by atoms with Crippen molar-refractivity contribution in [1.29, 1.82) is 0 Å². The summed E-state index contributed by atoms with van der Waals surface area (Å²) in [5.41, 5.74) is 2.32. The van der Waals surface area contributed by atoms with E-state index in [1.807, 2.05) is 83.8 Å². The van der Waals surface area contributed by atoms with E-state index in [1.165, 1.54) is 0 Å². The summed E-state index contributed by atoms with van der Waals surface area (Å²) in [4.78, 5) is 20.7. The molecule has 4 rings (SSSR count). The van der Waals surface area contributed by atoms with E-state index >= 15 is 0 Å². The highest BCUT2D eigenvalue weighted by Gasteiger charge is 2.39. The van der Waals surface area contributed by atoms with E-state index in [-0.39, 0.29) is 23.9 Å². The predicted octanol–water partition coefficient (Wildman–Crippen LogP) is 5.32. The summed E-state index contributed by atoms with van der Waals surface area (Å²) in [6, 6.07) is 26.9. The maximum Gasteiger partial charge on any atom is 0.259 e. The number of carbonyl (C=O) groups is 1. The SMILES string of the molecule is C=CCN1C[C@H](C)N([C@@H](c2cccc(O)c2)N(C(=O)c2ccccc2)c2ccccc2)C[C@H]1C. The molecule has 1 fully saturated rings. The molecule has 3 aromatic rings. The number of hydrogen-bond acceptors (Lipinski definition) is 4. The Labute approximate surface area is 202 Å². The van der Waals surface area contributed by atoms with Crippen LogP contribution in [-0.4, -0.2) is 52.5 Å². The monoisotopic (exact) mass is 455 g/mol. The zero-order chi connectivity index (χ0) is 24.1. The van der Waals surface area contributed by atoms with Crippen molar-refractivity contribution in [2.24, 2.45) is 0 Å². The van der Waals surface area contributed by atoms with Gasteiger partial charge in [0.15, 0.2) is 0 Å². The summed E-state index contributed by atoms with van der Waals surface area (Å²) in [7, 11) is 0. The highest BCUT2D eigenvalue weighted by molar-refractivity contribution is 6.06. The van der Waals surface area contributed by atoms with Crippen LogP contribution in [0, 0.1) is 0 Å². The topological polar surface area (TPSA) is 47.0 Å². The van der Waals surface area contributed by atoms with Gasteiger partial charge in [0.25, 0.3) is 5.91 Å². The Kier molecular flexibility index (Phi) is 7.46. The molecule has 5 heteroatoms. The van der Waals surface area contributed by atoms with Crippen molar-refractivity contribution in [3.05, 3.63) is 109 Å². The lowest BCUT2D eigenvalue weighted by Gasteiger charge is -2.50. The number of carbonyl (C=O) groups excluding carboxylic acids is 1. The number of rotatable bonds is 7. The lowest BCUT2D eigenvalue weighted by atomic mass is 10.0. The van der Waals surface area contributed by atoms with Gasteiger partial charge in [-0.25, -0.2) is 0 Å². The maximum atomic E-state index is 14.1. The van der Waals surface area contributed by atoms with Crippen LogP contribution in [0.3, 0.4) is 0 Å². The van der Waals surface area contributed by atoms with E-state index in [2.05, 4.69) is 30.2 Å². The van der Waals surface area contributed by atoms with Gasteiger partial charge in [-0.3, -0.25) is 19.5 Å². The second kappa shape index (κ2) is 10.7. The fraction of sp³-hybridized carbons (Fsp3) is 0.276. The summed E-state index contributed by atoms with van der Waals surface area (Å²) < 4.78 is 0. The molecule has 0 unspecified atom stereocenters. The van der Waals surface area contributed by atoms with Gasteiger partial charge in [0.05, 0.1) is 0 Å². The molecule has 1 saturated heterocycles. The van der Waals surface area contributed by atoms with E-state index in [1.54, 1.807) is 12.1 Å². The van der Waals surface area contributed by atoms with Gasteiger partial charge in [-0.1, -0.05) is 54.6 Å². The summed E-state index contributed by atoms with van der Waals surface area (Å²) in [6.45, 7) is 10.8. The largest absolute Gasteiger partial charge is 0.508 e. The summed E-state index contributed by atoms with van der Waals surface area (Å²) in [5.74, 6) is 0.113. The number of phenols is 1. The third kappa shape index (κ3) is 5.06. The average molecular weight is 456 g/mol. The van der Waals surface area contributed by atoms with Gasteiger partial charge >= 0.3 is 0 Å². The lowest BCUT2D eigenvalue weighted by molar-refractivity contribution is 0.0184. The fourth-order valence-corrected chi connectivity index (χ4v) is 4.84. The second-order valence-corrected chi connectivity index (χ2v) is 8.98. The van der Waals surface area contributed by atoms with E-state index < -0.39 is 0 Å². The van der Waals surface area contributed by atoms with Gasteiger partial charge in [-0.15, -0.1) is 6.58 Å². The van der Waals surface area contributed by atoms with Gasteiger partial charge in [0.1, 0.15) is 11.9 Å². The van der Waals surface area contributed by atoms with E-state index in [0.29, 0.717) is 11.6 Å². The van der Waals surface area contributed by atoms with Crippen molar-refractivity contribution >= 4 is 11.6 Å². The Hall–Kier alpha value is -3.41. The van der Waals surface area contributed by atoms with Crippen molar-refractivity contribution in [2.75, 3.05) is 24.5 Å². The highest BCUT2D eigenvalue weighted by Crippen LogP contribution is 2.36. The van der Waals surface area contributed by atoms with Crippen LogP contribution in [0.25, 0.3) is 0 Å². The first kappa shape index (κ1) is 23.7. The average Bonchev–Trinajstić information content (AvgIpc) is 2.85. The number of aromatic hydroxyl groups is 1. The summed E-state index contributed by atoms with van der Waals surface area (Å²) >= 11 is 0. The summed E-state index contributed by atoms with van der Waals surface area (Å²) in [6.07, 6.45) is 1.56. The van der Waals surface area contributed by atoms with Gasteiger partial charge in [-0.05, 0) is 55.8 Å². The summed E-state index contributed by atoms with van der Waals surface area (Å²) in [5, 5.41) is 10.4. The smallest absolute Gasteiger partial charge is 0.259 e. The Morgan fingerprint density at radius 2 is 1.68 bits per heavy atom. The van der Waals surface area contributed by atoms with E-state index in [0.717, 1.165) is 30.9 Å². The van der Waals surface area contributed by atoms with Crippen LogP contribution >= 0.6 is 0 Å². The molecule has 0 aliphatic carbocycles. The number of piperazine rings is 1. The first-order chi connectivity index (χ1) is 16.5. The molecule has 0 bridgehead atoms. The Morgan fingerprint density at radius 3 is 2.32 bits per heavy atom. The zero-order valence-corrected chi connectivity index (χ0v) is 19.9. The van der Waals surface area contributed by atoms with Crippen LogP contribution in [0.5, 0.6) is 5.75 Å². The van der Waals surface area contributed by atoms with Gasteiger partial charge in [0, 0.05) is 43.0 Å². The number of amides is 1. The molecule has 0 saturated carbocycles. The lowest BCUT2D eigenvalue weighted by Crippen LogP contribution is -2.60. The van der Waals surface area contributed by atoms with Crippen molar-refractivity contribution in [3.63, 3.8) is 0 Å². The van der Waals surface area contributed by atoms with Crippen LogP contribution in [-0.2, 0) is 0 Å². The Bertz CT molecular complexity index is 1100. The van der Waals surface area contributed by atoms with Gasteiger partial charge in [-0.2, -0.15) is 0 Å². The number of nitrogens with zero attached hydrogens (tertiary/aromatic N) is 3. The van der Waals surface area contributed by atoms with Crippen LogP contribution in [0.4, 0.5) is 5.69 Å². The van der Waals surface area contributed by atoms with Crippen LogP contribution in [0.1, 0.15) is 35.9 Å². The third-order valence-electron chi connectivity index (χ3n) is 6.53. The van der Waals surface area contributed by atoms with Crippen molar-refractivity contribution in [2.45, 2.75) is 32.1 Å². The molecule has 1 amide bonds. The van der Waals surface area contributed by atoms with Crippen LogP contribution in [0.15, 0.2) is 97.6 Å². The molecule has 34 heavy (non-hydrogen) atoms. The normalized spacial score (nSPS) is 19.9. The first-order valence-electron chi connectivity index (χ1n) is 11.8. The standard InChI is InChI=1S/C29H33N3O2/c1-4-18-30-20-23(3)31(21-22(30)2)28(25-14-11-17-27(33)19-25)32(26-15-9-6-10-16-26)29(34)24-12-7-5-8-13-24/h4-17,19,22-23,28,33H,1,18,20-21H2,2-3H3/t22-,23+,28-/m1/s1. The number of anilines is 1. The van der Waals surface area contributed by atoms with E-state index in [4.69, 9.17) is 0 Å². The minimum Gasteiger partial charge on any atom is -0.508 e. The minimum atomic E-state index is -0.384. The molecule has 176 valence electrons. The molecule has 0 aromatic heterocycles. The molecule has 1 N–H and O–H groups in total. The Morgan fingerprint density at radius 1 is 1.00 bits per heavy atom. The molecule has 0 spiro atoms. The fourth-order valence-electron chi connectivity index (χ4n) is 4.84. The highest BCUT2D eigenvalue weighted by atomic mass is 16.3. The van der Waals surface area contributed by atoms with Crippen molar-refractivity contribution in [3.8, 4) is 5.75 Å². The second-order valence-electron chi connectivity index (χ2n) is 8.98. The third-order valence-corrected chi connectivity index (χ3v) is 6.53. The molecular weight excluding hydrogens is 422 g/mol. The molecule has 1 aliphatic rings. The molecule has 3 atom stereocenters. The van der Waals surface area contributed by atoms with Crippen molar-refractivity contribution < 1.29 is 9.90 Å². The molecule has 3 aromatic carbocycles. The maximum absolute atomic E-state index is 14.1. The molecular formula is C29H33N3O2. The van der Waals surface area contributed by atoms with Gasteiger partial charge in [0.2, 0.25) is 0 Å². The zero-order valence-electron chi connectivity index (χ0n) is 19.9. The molecule has 0 radical (unpaired) electrons. The van der Waals surface area contributed by atoms with E-state index in [9.17, 15) is 9.90 Å². The number of para-hydroxylation sites is 1. The van der Waals surface area contributed by atoms with Crippen LogP contribution < -0.4 is 4.90 Å². The number of benzene rings is 3. The first-order valence-corrected chi connectivity index (χ1v) is 11.8. The number of phenolic OH excluding ortho intramolecular Hbond substituents is 1. The molecule has 1 aliphatic heterocycles. The predicted molar refractivity (Wildman–Crippen MR) is 138 cm³/mol. The molecule has 1 heterocycles.